The molecule has 0 radical (unpaired) electrons. The number of rotatable bonds is 5. The number of anilines is 1. The molecular weight excluding hydrogens is 349 g/mol. The number of non-ortho nitro benzene ring substituents is 1. The molecule has 0 aliphatic rings. The van der Waals surface area contributed by atoms with Crippen molar-refractivity contribution < 1.29 is 22.9 Å². The summed E-state index contributed by atoms with van der Waals surface area (Å²) >= 11 is 0.945. The van der Waals surface area contributed by atoms with Crippen molar-refractivity contribution >= 4 is 29.0 Å². The average molecular weight is 358 g/mol. The van der Waals surface area contributed by atoms with Gasteiger partial charge in [-0.05, 0) is 12.1 Å². The lowest BCUT2D eigenvalue weighted by molar-refractivity contribution is -0.385. The molecule has 2 aromatic rings. The van der Waals surface area contributed by atoms with Crippen LogP contribution in [-0.2, 0) is 11.0 Å². The van der Waals surface area contributed by atoms with Gasteiger partial charge in [0.1, 0.15) is 0 Å². The molecule has 0 unspecified atom stereocenters. The maximum Gasteiger partial charge on any atom is 0.418 e. The number of aromatic nitrogens is 2. The van der Waals surface area contributed by atoms with Crippen LogP contribution < -0.4 is 5.32 Å². The van der Waals surface area contributed by atoms with Crippen LogP contribution in [0, 0.1) is 10.1 Å². The molecule has 0 atom stereocenters. The first-order valence-electron chi connectivity index (χ1n) is 6.32. The van der Waals surface area contributed by atoms with E-state index in [1.807, 2.05) is 0 Å². The minimum Gasteiger partial charge on any atom is -0.325 e. The zero-order valence-corrected chi connectivity index (χ0v) is 12.6. The second-order valence-electron chi connectivity index (χ2n) is 4.35. The number of benzene rings is 1. The lowest BCUT2D eigenvalue weighted by atomic mass is 10.1. The molecule has 24 heavy (non-hydrogen) atoms. The molecule has 0 saturated heterocycles. The van der Waals surface area contributed by atoms with Gasteiger partial charge in [-0.25, -0.2) is 9.97 Å². The first kappa shape index (κ1) is 17.7. The van der Waals surface area contributed by atoms with Crippen LogP contribution >= 0.6 is 11.8 Å². The minimum atomic E-state index is -4.84. The highest BCUT2D eigenvalue weighted by atomic mass is 32.2. The van der Waals surface area contributed by atoms with Crippen LogP contribution in [0.4, 0.5) is 24.5 Å². The Balaban J connectivity index is 2.13. The number of nitro groups is 1. The molecule has 7 nitrogen and oxygen atoms in total. The van der Waals surface area contributed by atoms with E-state index in [0.717, 1.165) is 23.9 Å². The van der Waals surface area contributed by atoms with Crippen molar-refractivity contribution in [3.05, 3.63) is 52.3 Å². The van der Waals surface area contributed by atoms with E-state index in [9.17, 15) is 28.1 Å². The van der Waals surface area contributed by atoms with E-state index in [1.165, 1.54) is 12.4 Å². The highest BCUT2D eigenvalue weighted by Crippen LogP contribution is 2.37. The van der Waals surface area contributed by atoms with Gasteiger partial charge in [-0.3, -0.25) is 14.9 Å². The molecule has 0 aliphatic heterocycles. The molecule has 1 aromatic heterocycles. The van der Waals surface area contributed by atoms with Gasteiger partial charge in [0, 0.05) is 24.5 Å². The molecule has 0 spiro atoms. The predicted octanol–water partition coefficient (Wildman–Crippen LogP) is 3.13. The fourth-order valence-corrected chi connectivity index (χ4v) is 2.27. The number of carbonyl (C=O) groups excluding carboxylic acids is 1. The molecule has 1 N–H and O–H groups in total. The van der Waals surface area contributed by atoms with Crippen molar-refractivity contribution in [3.8, 4) is 0 Å². The van der Waals surface area contributed by atoms with Crippen molar-refractivity contribution in [1.82, 2.24) is 9.97 Å². The third kappa shape index (κ3) is 4.65. The Kier molecular flexibility index (Phi) is 5.34. The van der Waals surface area contributed by atoms with Crippen molar-refractivity contribution in [1.29, 1.82) is 0 Å². The molecule has 0 bridgehead atoms. The molecule has 0 fully saturated rings. The highest BCUT2D eigenvalue weighted by Gasteiger charge is 2.35. The Morgan fingerprint density at radius 2 is 1.96 bits per heavy atom. The van der Waals surface area contributed by atoms with E-state index in [-0.39, 0.29) is 5.75 Å². The van der Waals surface area contributed by atoms with Crippen LogP contribution in [0.1, 0.15) is 5.56 Å². The van der Waals surface area contributed by atoms with Crippen LogP contribution in [0.5, 0.6) is 0 Å². The maximum atomic E-state index is 13.0. The Bertz CT molecular complexity index is 756. The van der Waals surface area contributed by atoms with E-state index in [0.29, 0.717) is 11.2 Å². The lowest BCUT2D eigenvalue weighted by Gasteiger charge is -2.13. The minimum absolute atomic E-state index is 0.210. The van der Waals surface area contributed by atoms with Gasteiger partial charge < -0.3 is 5.32 Å². The molecule has 11 heteroatoms. The number of nitrogens with one attached hydrogen (secondary N) is 1. The fourth-order valence-electron chi connectivity index (χ4n) is 1.67. The number of hydrogen-bond acceptors (Lipinski definition) is 6. The van der Waals surface area contributed by atoms with E-state index in [2.05, 4.69) is 15.3 Å². The van der Waals surface area contributed by atoms with Crippen LogP contribution in [0.25, 0.3) is 0 Å². The summed E-state index contributed by atoms with van der Waals surface area (Å²) in [6.45, 7) is 0. The van der Waals surface area contributed by atoms with Crippen molar-refractivity contribution in [2.24, 2.45) is 0 Å². The SMILES string of the molecule is O=C(CSc1ncccn1)Nc1ccc([N+](=O)[O-])cc1C(F)(F)F. The topological polar surface area (TPSA) is 98.0 Å². The first-order chi connectivity index (χ1) is 11.3. The molecule has 2 rings (SSSR count). The molecule has 1 amide bonds. The summed E-state index contributed by atoms with van der Waals surface area (Å²) in [4.78, 5) is 29.2. The van der Waals surface area contributed by atoms with Crippen LogP contribution in [-0.4, -0.2) is 26.6 Å². The first-order valence-corrected chi connectivity index (χ1v) is 7.31. The van der Waals surface area contributed by atoms with Crippen molar-refractivity contribution in [2.45, 2.75) is 11.3 Å². The van der Waals surface area contributed by atoms with E-state index in [4.69, 9.17) is 0 Å². The van der Waals surface area contributed by atoms with E-state index >= 15 is 0 Å². The third-order valence-corrected chi connectivity index (χ3v) is 3.54. The summed E-state index contributed by atoms with van der Waals surface area (Å²) in [5.74, 6) is -0.926. The van der Waals surface area contributed by atoms with Crippen LogP contribution in [0.3, 0.4) is 0 Å². The standard InChI is InChI=1S/C13H9F3N4O3S/c14-13(15,16)9-6-8(20(22)23)2-3-10(9)19-11(21)7-24-12-17-4-1-5-18-12/h1-6H,7H2,(H,19,21). The van der Waals surface area contributed by atoms with Crippen LogP contribution in [0.15, 0.2) is 41.8 Å². The molecule has 126 valence electrons. The van der Waals surface area contributed by atoms with Gasteiger partial charge in [0.2, 0.25) is 5.91 Å². The van der Waals surface area contributed by atoms with Crippen molar-refractivity contribution in [2.75, 3.05) is 11.1 Å². The Labute approximate surface area is 137 Å². The largest absolute Gasteiger partial charge is 0.418 e. The summed E-state index contributed by atoms with van der Waals surface area (Å²) in [7, 11) is 0. The number of nitrogens with zero attached hydrogens (tertiary/aromatic N) is 3. The Morgan fingerprint density at radius 1 is 1.29 bits per heavy atom. The van der Waals surface area contributed by atoms with Gasteiger partial charge in [0.25, 0.3) is 5.69 Å². The molecule has 0 aliphatic carbocycles. The van der Waals surface area contributed by atoms with E-state index in [1.54, 1.807) is 6.07 Å². The lowest BCUT2D eigenvalue weighted by Crippen LogP contribution is -2.18. The number of nitro benzene ring substituents is 1. The Morgan fingerprint density at radius 3 is 2.54 bits per heavy atom. The summed E-state index contributed by atoms with van der Waals surface area (Å²) in [6, 6.07) is 3.69. The molecular formula is C13H9F3N4O3S. The smallest absolute Gasteiger partial charge is 0.325 e. The van der Waals surface area contributed by atoms with Gasteiger partial charge in [-0.15, -0.1) is 0 Å². The summed E-state index contributed by atoms with van der Waals surface area (Å²) in [5, 5.41) is 13.0. The third-order valence-electron chi connectivity index (χ3n) is 2.67. The fraction of sp³-hybridized carbons (Fsp3) is 0.154. The maximum absolute atomic E-state index is 13.0. The normalized spacial score (nSPS) is 11.1. The van der Waals surface area contributed by atoms with Crippen LogP contribution in [0.2, 0.25) is 0 Å². The Hall–Kier alpha value is -2.69. The second-order valence-corrected chi connectivity index (χ2v) is 5.30. The van der Waals surface area contributed by atoms with Gasteiger partial charge in [0.15, 0.2) is 5.16 Å². The summed E-state index contributed by atoms with van der Waals surface area (Å²) in [5.41, 5.74) is -2.55. The number of hydrogen-bond donors (Lipinski definition) is 1. The number of thioether (sulfide) groups is 1. The number of alkyl halides is 3. The van der Waals surface area contributed by atoms with Gasteiger partial charge in [-0.2, -0.15) is 13.2 Å². The summed E-state index contributed by atoms with van der Waals surface area (Å²) in [6.07, 6.45) is -1.92. The van der Waals surface area contributed by atoms with Gasteiger partial charge in [0.05, 0.1) is 21.9 Å². The molecule has 1 aromatic carbocycles. The second kappa shape index (κ2) is 7.25. The van der Waals surface area contributed by atoms with Gasteiger partial charge >= 0.3 is 6.18 Å². The zero-order valence-electron chi connectivity index (χ0n) is 11.8. The number of halogens is 3. The zero-order chi connectivity index (χ0) is 17.7. The quantitative estimate of drug-likeness (QED) is 0.382. The van der Waals surface area contributed by atoms with E-state index < -0.39 is 33.9 Å². The number of amides is 1. The monoisotopic (exact) mass is 358 g/mol. The predicted molar refractivity (Wildman–Crippen MR) is 79.5 cm³/mol. The van der Waals surface area contributed by atoms with Gasteiger partial charge in [-0.1, -0.05) is 11.8 Å². The molecule has 1 heterocycles. The molecule has 0 saturated carbocycles. The highest BCUT2D eigenvalue weighted by molar-refractivity contribution is 7.99. The average Bonchev–Trinajstić information content (AvgIpc) is 2.53. The van der Waals surface area contributed by atoms with Crippen molar-refractivity contribution in [3.63, 3.8) is 0 Å². The summed E-state index contributed by atoms with van der Waals surface area (Å²) < 4.78 is 39.0. The number of carbonyl (C=O) groups is 1.